The molecule has 0 radical (unpaired) electrons. The van der Waals surface area contributed by atoms with Gasteiger partial charge in [0.25, 0.3) is 5.91 Å². The van der Waals surface area contributed by atoms with Gasteiger partial charge in [-0.3, -0.25) is 9.59 Å². The molecule has 0 saturated heterocycles. The molecule has 1 aliphatic rings. The van der Waals surface area contributed by atoms with Crippen molar-refractivity contribution in [2.45, 2.75) is 13.0 Å². The number of carbonyl (C=O) groups is 2. The Morgan fingerprint density at radius 2 is 1.88 bits per heavy atom. The van der Waals surface area contributed by atoms with Crippen molar-refractivity contribution in [3.05, 3.63) is 71.4 Å². The number of para-hydroxylation sites is 1. The minimum atomic E-state index is -0.333. The highest BCUT2D eigenvalue weighted by Crippen LogP contribution is 2.30. The molecule has 6 nitrogen and oxygen atoms in total. The van der Waals surface area contributed by atoms with Gasteiger partial charge in [0.2, 0.25) is 0 Å². The number of nitrogens with one attached hydrogen (secondary N) is 1. The normalized spacial score (nSPS) is 13.6. The number of hydrazone groups is 1. The molecule has 1 amide bonds. The average Bonchev–Trinajstić information content (AvgIpc) is 2.85. The fourth-order valence-electron chi connectivity index (χ4n) is 3.35. The third-order valence-corrected chi connectivity index (χ3v) is 4.49. The van der Waals surface area contributed by atoms with Gasteiger partial charge < -0.3 is 9.30 Å². The van der Waals surface area contributed by atoms with E-state index < -0.39 is 0 Å². The van der Waals surface area contributed by atoms with Crippen LogP contribution in [0.25, 0.3) is 10.9 Å². The lowest BCUT2D eigenvalue weighted by molar-refractivity contribution is -0.139. The van der Waals surface area contributed by atoms with Crippen molar-refractivity contribution in [2.75, 3.05) is 7.11 Å². The monoisotopic (exact) mass is 347 g/mol. The van der Waals surface area contributed by atoms with Crippen LogP contribution in [0, 0.1) is 0 Å². The van der Waals surface area contributed by atoms with E-state index in [2.05, 4.69) is 10.5 Å². The minimum absolute atomic E-state index is 0.111. The van der Waals surface area contributed by atoms with Crippen molar-refractivity contribution in [2.24, 2.45) is 5.10 Å². The standard InChI is InChI=1S/C20H17N3O3/c1-26-18(25)11-15-14-9-5-6-10-16(14)23-12-17(24)21-22-19(20(15)23)13-7-3-2-4-8-13/h2-10H,11-12H2,1H3,(H,21,24). The molecule has 0 bridgehead atoms. The van der Waals surface area contributed by atoms with Crippen LogP contribution in [-0.2, 0) is 27.3 Å². The lowest BCUT2D eigenvalue weighted by Gasteiger charge is -2.10. The number of hydrogen-bond donors (Lipinski definition) is 1. The Labute approximate surface area is 150 Å². The number of amides is 1. The molecule has 0 spiro atoms. The van der Waals surface area contributed by atoms with Crippen LogP contribution in [0.5, 0.6) is 0 Å². The van der Waals surface area contributed by atoms with Crippen LogP contribution < -0.4 is 5.43 Å². The molecule has 0 atom stereocenters. The number of esters is 1. The van der Waals surface area contributed by atoms with E-state index in [4.69, 9.17) is 4.74 Å². The zero-order valence-corrected chi connectivity index (χ0v) is 14.2. The second kappa shape index (κ2) is 6.48. The number of fused-ring (bicyclic) bond motifs is 3. The zero-order valence-electron chi connectivity index (χ0n) is 14.2. The fourth-order valence-corrected chi connectivity index (χ4v) is 3.35. The second-order valence-electron chi connectivity index (χ2n) is 6.04. The summed E-state index contributed by atoms with van der Waals surface area (Å²) in [7, 11) is 1.37. The van der Waals surface area contributed by atoms with Crippen molar-refractivity contribution in [3.63, 3.8) is 0 Å². The molecule has 0 saturated carbocycles. The van der Waals surface area contributed by atoms with Crippen molar-refractivity contribution in [1.82, 2.24) is 9.99 Å². The highest BCUT2D eigenvalue weighted by molar-refractivity contribution is 6.17. The zero-order chi connectivity index (χ0) is 18.1. The number of nitrogens with zero attached hydrogens (tertiary/aromatic N) is 2. The van der Waals surface area contributed by atoms with E-state index in [9.17, 15) is 9.59 Å². The van der Waals surface area contributed by atoms with Gasteiger partial charge in [-0.05, 0) is 11.6 Å². The number of benzene rings is 2. The summed E-state index contributed by atoms with van der Waals surface area (Å²) in [5, 5.41) is 5.27. The van der Waals surface area contributed by atoms with Gasteiger partial charge >= 0.3 is 5.97 Å². The first kappa shape index (κ1) is 16.1. The SMILES string of the molecule is COC(=O)Cc1c2n(c3ccccc13)CC(=O)NN=C2c1ccccc1. The molecule has 0 unspecified atom stereocenters. The van der Waals surface area contributed by atoms with Gasteiger partial charge in [-0.2, -0.15) is 5.10 Å². The summed E-state index contributed by atoms with van der Waals surface area (Å²) < 4.78 is 6.80. The van der Waals surface area contributed by atoms with E-state index in [-0.39, 0.29) is 24.8 Å². The molecule has 26 heavy (non-hydrogen) atoms. The molecule has 0 aliphatic carbocycles. The third-order valence-electron chi connectivity index (χ3n) is 4.49. The molecule has 2 aromatic carbocycles. The maximum Gasteiger partial charge on any atom is 0.310 e. The Morgan fingerprint density at radius 1 is 1.15 bits per heavy atom. The van der Waals surface area contributed by atoms with Crippen molar-refractivity contribution < 1.29 is 14.3 Å². The molecule has 130 valence electrons. The molecule has 1 aliphatic heterocycles. The highest BCUT2D eigenvalue weighted by Gasteiger charge is 2.27. The smallest absolute Gasteiger partial charge is 0.310 e. The quantitative estimate of drug-likeness (QED) is 0.739. The first-order valence-electron chi connectivity index (χ1n) is 8.28. The predicted molar refractivity (Wildman–Crippen MR) is 97.9 cm³/mol. The van der Waals surface area contributed by atoms with Gasteiger partial charge in [-0.1, -0.05) is 48.5 Å². The Hall–Kier alpha value is -3.41. The lowest BCUT2D eigenvalue weighted by atomic mass is 10.0. The molecule has 6 heteroatoms. The van der Waals surface area contributed by atoms with Gasteiger partial charge in [0.05, 0.1) is 19.2 Å². The minimum Gasteiger partial charge on any atom is -0.469 e. The summed E-state index contributed by atoms with van der Waals surface area (Å²) in [6.07, 6.45) is 0.111. The first-order chi connectivity index (χ1) is 12.7. The van der Waals surface area contributed by atoms with Crippen LogP contribution in [0.1, 0.15) is 16.8 Å². The molecule has 0 fully saturated rings. The van der Waals surface area contributed by atoms with Crippen LogP contribution in [0.15, 0.2) is 59.7 Å². The largest absolute Gasteiger partial charge is 0.469 e. The van der Waals surface area contributed by atoms with Crippen molar-refractivity contribution in [1.29, 1.82) is 0 Å². The Morgan fingerprint density at radius 3 is 2.65 bits per heavy atom. The van der Waals surface area contributed by atoms with E-state index in [0.29, 0.717) is 5.71 Å². The second-order valence-corrected chi connectivity index (χ2v) is 6.04. The maximum atomic E-state index is 12.2. The number of methoxy groups -OCH3 is 1. The van der Waals surface area contributed by atoms with E-state index in [0.717, 1.165) is 27.7 Å². The Kier molecular flexibility index (Phi) is 4.01. The number of aromatic nitrogens is 1. The van der Waals surface area contributed by atoms with Crippen LogP contribution in [0.3, 0.4) is 0 Å². The summed E-state index contributed by atoms with van der Waals surface area (Å²) in [4.78, 5) is 24.3. The summed E-state index contributed by atoms with van der Waals surface area (Å²) in [6.45, 7) is 0.136. The molecule has 1 aromatic heterocycles. The van der Waals surface area contributed by atoms with Gasteiger partial charge in [0, 0.05) is 16.5 Å². The van der Waals surface area contributed by atoms with E-state index >= 15 is 0 Å². The number of rotatable bonds is 3. The van der Waals surface area contributed by atoms with Crippen molar-refractivity contribution in [3.8, 4) is 0 Å². The van der Waals surface area contributed by atoms with Crippen LogP contribution in [0.2, 0.25) is 0 Å². The van der Waals surface area contributed by atoms with Gasteiger partial charge in [-0.25, -0.2) is 5.43 Å². The van der Waals surface area contributed by atoms with E-state index in [1.165, 1.54) is 7.11 Å². The van der Waals surface area contributed by atoms with E-state index in [1.54, 1.807) is 0 Å². The van der Waals surface area contributed by atoms with Gasteiger partial charge in [-0.15, -0.1) is 0 Å². The number of hydrogen-bond acceptors (Lipinski definition) is 4. The first-order valence-corrected chi connectivity index (χ1v) is 8.28. The van der Waals surface area contributed by atoms with Gasteiger partial charge in [0.15, 0.2) is 0 Å². The molecule has 4 rings (SSSR count). The highest BCUT2D eigenvalue weighted by atomic mass is 16.5. The molecule has 3 aromatic rings. The average molecular weight is 347 g/mol. The maximum absolute atomic E-state index is 12.2. The summed E-state index contributed by atoms with van der Waals surface area (Å²) in [5.41, 5.74) is 6.56. The molecular weight excluding hydrogens is 330 g/mol. The van der Waals surface area contributed by atoms with E-state index in [1.807, 2.05) is 59.2 Å². The predicted octanol–water partition coefficient (Wildman–Crippen LogP) is 2.24. The molecular formula is C20H17N3O3. The molecule has 1 N–H and O–H groups in total. The van der Waals surface area contributed by atoms with Crippen LogP contribution in [0.4, 0.5) is 0 Å². The van der Waals surface area contributed by atoms with Gasteiger partial charge in [0.1, 0.15) is 12.3 Å². The number of ether oxygens (including phenoxy) is 1. The van der Waals surface area contributed by atoms with Crippen molar-refractivity contribution >= 4 is 28.5 Å². The Bertz CT molecular complexity index is 1040. The lowest BCUT2D eigenvalue weighted by Crippen LogP contribution is -2.20. The molecule has 2 heterocycles. The van der Waals surface area contributed by atoms with Crippen LogP contribution in [-0.4, -0.2) is 29.3 Å². The fraction of sp³-hybridized carbons (Fsp3) is 0.150. The third kappa shape index (κ3) is 2.65. The topological polar surface area (TPSA) is 72.7 Å². The van der Waals surface area contributed by atoms with Crippen LogP contribution >= 0.6 is 0 Å². The number of carbonyl (C=O) groups excluding carboxylic acids is 2. The summed E-state index contributed by atoms with van der Waals surface area (Å²) >= 11 is 0. The summed E-state index contributed by atoms with van der Waals surface area (Å²) in [6, 6.07) is 17.3. The Balaban J connectivity index is 2.03. The summed E-state index contributed by atoms with van der Waals surface area (Å²) in [5.74, 6) is -0.539.